The molecule has 0 saturated heterocycles. The van der Waals surface area contributed by atoms with Gasteiger partial charge in [-0.2, -0.15) is 0 Å². The van der Waals surface area contributed by atoms with Crippen molar-refractivity contribution in [1.29, 1.82) is 0 Å². The molecule has 2 aromatic rings. The van der Waals surface area contributed by atoms with Gasteiger partial charge in [0, 0.05) is 12.5 Å². The Balaban J connectivity index is 0.000000214. The normalized spacial score (nSPS) is 15.1. The first kappa shape index (κ1) is 24.0. The fraction of sp³-hybridized carbons (Fsp3) is 0.429. The van der Waals surface area contributed by atoms with Gasteiger partial charge in [0.15, 0.2) is 0 Å². The SMILES string of the molecule is CC(C)(C)c1cc(O)cc(C(C)(C)C)c1.NCC(C1=CCCC=C1)c1ccccc1. The highest BCUT2D eigenvalue weighted by molar-refractivity contribution is 5.40. The van der Waals surface area contributed by atoms with Crippen LogP contribution in [0, 0.1) is 0 Å². The number of allylic oxidation sites excluding steroid dienone is 3. The highest BCUT2D eigenvalue weighted by atomic mass is 16.3. The molecule has 162 valence electrons. The summed E-state index contributed by atoms with van der Waals surface area (Å²) in [6.07, 6.45) is 9.07. The lowest BCUT2D eigenvalue weighted by Gasteiger charge is -2.25. The fourth-order valence-electron chi connectivity index (χ4n) is 3.52. The van der Waals surface area contributed by atoms with Crippen molar-refractivity contribution in [2.75, 3.05) is 6.54 Å². The third-order valence-corrected chi connectivity index (χ3v) is 5.51. The molecule has 0 radical (unpaired) electrons. The number of hydrogen-bond acceptors (Lipinski definition) is 2. The monoisotopic (exact) mass is 405 g/mol. The second-order valence-electron chi connectivity index (χ2n) is 10.2. The van der Waals surface area contributed by atoms with Crippen molar-refractivity contribution < 1.29 is 5.11 Å². The number of phenols is 1. The Labute approximate surface area is 183 Å². The van der Waals surface area contributed by atoms with Gasteiger partial charge < -0.3 is 10.8 Å². The zero-order valence-corrected chi connectivity index (χ0v) is 19.6. The van der Waals surface area contributed by atoms with Crippen molar-refractivity contribution in [2.24, 2.45) is 5.73 Å². The van der Waals surface area contributed by atoms with E-state index in [0.717, 1.165) is 12.8 Å². The Kier molecular flexibility index (Phi) is 8.09. The molecule has 0 aliphatic heterocycles. The van der Waals surface area contributed by atoms with E-state index < -0.39 is 0 Å². The van der Waals surface area contributed by atoms with Gasteiger partial charge in [0.1, 0.15) is 5.75 Å². The van der Waals surface area contributed by atoms with E-state index in [2.05, 4.69) is 90.1 Å². The van der Waals surface area contributed by atoms with Gasteiger partial charge in [0.05, 0.1) is 0 Å². The van der Waals surface area contributed by atoms with Crippen LogP contribution in [-0.4, -0.2) is 11.7 Å². The summed E-state index contributed by atoms with van der Waals surface area (Å²) in [5.41, 5.74) is 11.1. The van der Waals surface area contributed by atoms with Gasteiger partial charge in [-0.05, 0) is 58.1 Å². The molecule has 1 aliphatic carbocycles. The van der Waals surface area contributed by atoms with E-state index in [1.807, 2.05) is 18.2 Å². The zero-order valence-electron chi connectivity index (χ0n) is 19.6. The maximum Gasteiger partial charge on any atom is 0.116 e. The van der Waals surface area contributed by atoms with Gasteiger partial charge in [-0.25, -0.2) is 0 Å². The minimum absolute atomic E-state index is 0.0821. The maximum absolute atomic E-state index is 9.72. The van der Waals surface area contributed by atoms with Crippen LogP contribution in [0.2, 0.25) is 0 Å². The van der Waals surface area contributed by atoms with Gasteiger partial charge in [-0.3, -0.25) is 0 Å². The average molecular weight is 406 g/mol. The predicted molar refractivity (Wildman–Crippen MR) is 130 cm³/mol. The molecule has 0 spiro atoms. The molecule has 3 rings (SSSR count). The molecule has 0 fully saturated rings. The average Bonchev–Trinajstić information content (AvgIpc) is 2.69. The summed E-state index contributed by atoms with van der Waals surface area (Å²) in [5.74, 6) is 0.732. The minimum atomic E-state index is 0.0821. The summed E-state index contributed by atoms with van der Waals surface area (Å²) in [5, 5.41) is 9.72. The second kappa shape index (κ2) is 10.1. The van der Waals surface area contributed by atoms with Gasteiger partial charge in [0.25, 0.3) is 0 Å². The van der Waals surface area contributed by atoms with Crippen LogP contribution in [0.3, 0.4) is 0 Å². The highest BCUT2D eigenvalue weighted by Crippen LogP contribution is 2.32. The number of rotatable bonds is 3. The smallest absolute Gasteiger partial charge is 0.116 e. The van der Waals surface area contributed by atoms with E-state index in [0.29, 0.717) is 18.2 Å². The van der Waals surface area contributed by atoms with Crippen molar-refractivity contribution in [1.82, 2.24) is 0 Å². The summed E-state index contributed by atoms with van der Waals surface area (Å²) >= 11 is 0. The van der Waals surface area contributed by atoms with Crippen molar-refractivity contribution in [3.63, 3.8) is 0 Å². The third kappa shape index (κ3) is 6.88. The van der Waals surface area contributed by atoms with Gasteiger partial charge in [-0.1, -0.05) is 96.2 Å². The second-order valence-corrected chi connectivity index (χ2v) is 10.2. The molecule has 2 aromatic carbocycles. The van der Waals surface area contributed by atoms with Crippen LogP contribution >= 0.6 is 0 Å². The summed E-state index contributed by atoms with van der Waals surface area (Å²) in [7, 11) is 0. The molecule has 2 nitrogen and oxygen atoms in total. The zero-order chi connectivity index (χ0) is 22.4. The number of aromatic hydroxyl groups is 1. The van der Waals surface area contributed by atoms with Gasteiger partial charge in [-0.15, -0.1) is 0 Å². The fourth-order valence-corrected chi connectivity index (χ4v) is 3.52. The van der Waals surface area contributed by atoms with Crippen molar-refractivity contribution in [3.05, 3.63) is 89.0 Å². The van der Waals surface area contributed by atoms with Crippen LogP contribution in [0.4, 0.5) is 0 Å². The van der Waals surface area contributed by atoms with Crippen LogP contribution in [0.5, 0.6) is 5.75 Å². The van der Waals surface area contributed by atoms with Crippen molar-refractivity contribution in [3.8, 4) is 5.75 Å². The van der Waals surface area contributed by atoms with Crippen molar-refractivity contribution >= 4 is 0 Å². The Bertz CT molecular complexity index is 831. The standard InChI is InChI=1S/C14H17N.C14H22O/c15-11-14(12-7-3-1-4-8-12)13-9-5-2-6-10-13;1-13(2,3)10-7-11(14(4,5)6)9-12(15)8-10/h1,3-5,7-10,14H,2,6,11,15H2;7-9,15H,1-6H3. The topological polar surface area (TPSA) is 46.2 Å². The molecular weight excluding hydrogens is 366 g/mol. The van der Waals surface area contributed by atoms with Crippen molar-refractivity contribution in [2.45, 2.75) is 71.1 Å². The quantitative estimate of drug-likeness (QED) is 0.578. The first-order valence-electron chi connectivity index (χ1n) is 11.0. The number of nitrogens with two attached hydrogens (primary N) is 1. The van der Waals surface area contributed by atoms with Gasteiger partial charge >= 0.3 is 0 Å². The van der Waals surface area contributed by atoms with E-state index in [-0.39, 0.29) is 10.8 Å². The Hall–Kier alpha value is -2.32. The first-order chi connectivity index (χ1) is 14.0. The Morgan fingerprint density at radius 1 is 0.867 bits per heavy atom. The molecule has 1 unspecified atom stereocenters. The van der Waals surface area contributed by atoms with Crippen LogP contribution in [0.25, 0.3) is 0 Å². The lowest BCUT2D eigenvalue weighted by molar-refractivity contribution is 0.466. The predicted octanol–water partition coefficient (Wildman–Crippen LogP) is 6.99. The molecule has 0 aromatic heterocycles. The largest absolute Gasteiger partial charge is 0.508 e. The maximum atomic E-state index is 9.72. The summed E-state index contributed by atoms with van der Waals surface area (Å²) in [6.45, 7) is 13.6. The van der Waals surface area contributed by atoms with Crippen LogP contribution < -0.4 is 5.73 Å². The van der Waals surface area contributed by atoms with Gasteiger partial charge in [0.2, 0.25) is 0 Å². The molecule has 1 atom stereocenters. The Morgan fingerprint density at radius 3 is 1.87 bits per heavy atom. The molecule has 3 N–H and O–H groups in total. The molecule has 0 amide bonds. The molecular formula is C28H39NO. The number of benzene rings is 2. The number of hydrogen-bond donors (Lipinski definition) is 2. The van der Waals surface area contributed by atoms with Crippen LogP contribution in [0.1, 0.15) is 77.0 Å². The number of phenolic OH excluding ortho intramolecular Hbond substituents is 1. The molecule has 30 heavy (non-hydrogen) atoms. The van der Waals surface area contributed by atoms with E-state index in [1.54, 1.807) is 0 Å². The van der Waals surface area contributed by atoms with E-state index in [1.165, 1.54) is 22.3 Å². The van der Waals surface area contributed by atoms with Crippen LogP contribution in [-0.2, 0) is 10.8 Å². The van der Waals surface area contributed by atoms with E-state index >= 15 is 0 Å². The first-order valence-corrected chi connectivity index (χ1v) is 11.0. The molecule has 1 aliphatic rings. The highest BCUT2D eigenvalue weighted by Gasteiger charge is 2.20. The molecule has 2 heteroatoms. The lowest BCUT2D eigenvalue weighted by atomic mass is 9.80. The molecule has 0 heterocycles. The van der Waals surface area contributed by atoms with Crippen LogP contribution in [0.15, 0.2) is 72.3 Å². The van der Waals surface area contributed by atoms with E-state index in [4.69, 9.17) is 5.73 Å². The lowest BCUT2D eigenvalue weighted by Crippen LogP contribution is -2.15. The minimum Gasteiger partial charge on any atom is -0.508 e. The summed E-state index contributed by atoms with van der Waals surface area (Å²) in [4.78, 5) is 0. The third-order valence-electron chi connectivity index (χ3n) is 5.51. The molecule has 0 bridgehead atoms. The Morgan fingerprint density at radius 2 is 1.43 bits per heavy atom. The summed E-state index contributed by atoms with van der Waals surface area (Å²) in [6, 6.07) is 16.4. The van der Waals surface area contributed by atoms with E-state index in [9.17, 15) is 5.11 Å². The summed E-state index contributed by atoms with van der Waals surface area (Å²) < 4.78 is 0. The molecule has 0 saturated carbocycles.